The summed E-state index contributed by atoms with van der Waals surface area (Å²) in [6, 6.07) is 7.10. The zero-order chi connectivity index (χ0) is 10.4. The van der Waals surface area contributed by atoms with E-state index in [9.17, 15) is 4.57 Å². The van der Waals surface area contributed by atoms with E-state index in [0.717, 1.165) is 18.6 Å². The van der Waals surface area contributed by atoms with Crippen LogP contribution in [0.15, 0.2) is 24.3 Å². The van der Waals surface area contributed by atoms with E-state index in [0.29, 0.717) is 11.9 Å². The lowest BCUT2D eigenvalue weighted by Crippen LogP contribution is -1.99. The SMILES string of the molecule is CCCCOc1cccc([P+](=O)Cl)c1. The standard InChI is InChI=1S/C10H13ClO2P/c1-2-3-7-13-9-5-4-6-10(8-9)14(11)12/h4-6,8H,2-3,7H2,1H3/q+1. The van der Waals surface area contributed by atoms with Crippen molar-refractivity contribution in [3.8, 4) is 5.75 Å². The molecule has 1 unspecified atom stereocenters. The Morgan fingerprint density at radius 1 is 1.50 bits per heavy atom. The molecule has 0 spiro atoms. The largest absolute Gasteiger partial charge is 0.494 e. The molecule has 0 N–H and O–H groups in total. The van der Waals surface area contributed by atoms with Crippen LogP contribution in [-0.2, 0) is 4.57 Å². The number of benzene rings is 1. The molecule has 1 aromatic carbocycles. The van der Waals surface area contributed by atoms with Gasteiger partial charge in [-0.25, -0.2) is 0 Å². The molecule has 14 heavy (non-hydrogen) atoms. The molecule has 0 aliphatic carbocycles. The van der Waals surface area contributed by atoms with Crippen LogP contribution >= 0.6 is 18.4 Å². The van der Waals surface area contributed by atoms with Crippen LogP contribution in [0.5, 0.6) is 5.75 Å². The quantitative estimate of drug-likeness (QED) is 0.573. The van der Waals surface area contributed by atoms with Gasteiger partial charge in [0.15, 0.2) is 0 Å². The van der Waals surface area contributed by atoms with Crippen molar-refractivity contribution in [3.05, 3.63) is 24.3 Å². The van der Waals surface area contributed by atoms with Crippen LogP contribution in [0.4, 0.5) is 0 Å². The minimum atomic E-state index is -1.79. The van der Waals surface area contributed by atoms with Gasteiger partial charge in [0.25, 0.3) is 0 Å². The van der Waals surface area contributed by atoms with Gasteiger partial charge in [-0.1, -0.05) is 19.4 Å². The van der Waals surface area contributed by atoms with Crippen molar-refractivity contribution in [3.63, 3.8) is 0 Å². The fourth-order valence-electron chi connectivity index (χ4n) is 1.02. The Bertz CT molecular complexity index is 315. The van der Waals surface area contributed by atoms with Gasteiger partial charge in [0, 0.05) is 6.07 Å². The van der Waals surface area contributed by atoms with E-state index in [4.69, 9.17) is 16.0 Å². The van der Waals surface area contributed by atoms with Crippen LogP contribution in [0.2, 0.25) is 0 Å². The summed E-state index contributed by atoms with van der Waals surface area (Å²) >= 11 is 5.49. The molecule has 0 saturated heterocycles. The van der Waals surface area contributed by atoms with Crippen LogP contribution in [-0.4, -0.2) is 6.61 Å². The highest BCUT2D eigenvalue weighted by molar-refractivity contribution is 7.80. The van der Waals surface area contributed by atoms with Gasteiger partial charge in [0.1, 0.15) is 5.75 Å². The Morgan fingerprint density at radius 3 is 2.93 bits per heavy atom. The van der Waals surface area contributed by atoms with Crippen LogP contribution in [0.25, 0.3) is 0 Å². The highest BCUT2D eigenvalue weighted by Gasteiger charge is 2.16. The molecule has 0 amide bonds. The first-order valence-corrected chi connectivity index (χ1v) is 6.76. The van der Waals surface area contributed by atoms with Crippen molar-refractivity contribution in [1.82, 2.24) is 0 Å². The summed E-state index contributed by atoms with van der Waals surface area (Å²) in [6.45, 7) is 2.80. The Hall–Kier alpha value is -0.590. The fourth-order valence-corrected chi connectivity index (χ4v) is 1.76. The van der Waals surface area contributed by atoms with Gasteiger partial charge in [0.2, 0.25) is 16.5 Å². The lowest BCUT2D eigenvalue weighted by molar-refractivity contribution is 0.309. The molecule has 0 radical (unpaired) electrons. The smallest absolute Gasteiger partial charge is 0.493 e. The van der Waals surface area contributed by atoms with Crippen LogP contribution in [0.1, 0.15) is 19.8 Å². The summed E-state index contributed by atoms with van der Waals surface area (Å²) in [4.78, 5) is 0. The molecule has 0 aliphatic heterocycles. The molecule has 0 fully saturated rings. The van der Waals surface area contributed by atoms with Crippen molar-refractivity contribution >= 4 is 23.7 Å². The molecular formula is C10H13ClO2P+. The second kappa shape index (κ2) is 6.00. The molecule has 0 saturated carbocycles. The molecule has 0 aromatic heterocycles. The lowest BCUT2D eigenvalue weighted by Gasteiger charge is -2.03. The predicted molar refractivity (Wildman–Crippen MR) is 59.9 cm³/mol. The van der Waals surface area contributed by atoms with Crippen molar-refractivity contribution < 1.29 is 9.30 Å². The van der Waals surface area contributed by atoms with E-state index in [-0.39, 0.29) is 0 Å². The average molecular weight is 232 g/mol. The molecule has 0 heterocycles. The van der Waals surface area contributed by atoms with E-state index < -0.39 is 7.15 Å². The number of halogens is 1. The molecule has 76 valence electrons. The number of unbranched alkanes of at least 4 members (excludes halogenated alkanes) is 1. The molecule has 0 bridgehead atoms. The summed E-state index contributed by atoms with van der Waals surface area (Å²) in [5, 5.41) is 0.621. The van der Waals surface area contributed by atoms with Gasteiger partial charge in [-0.15, -0.1) is 0 Å². The highest BCUT2D eigenvalue weighted by Crippen LogP contribution is 2.26. The molecule has 1 atom stereocenters. The molecule has 2 nitrogen and oxygen atoms in total. The van der Waals surface area contributed by atoms with E-state index >= 15 is 0 Å². The summed E-state index contributed by atoms with van der Waals surface area (Å²) in [7, 11) is -1.79. The monoisotopic (exact) mass is 231 g/mol. The zero-order valence-electron chi connectivity index (χ0n) is 8.07. The van der Waals surface area contributed by atoms with Gasteiger partial charge >= 0.3 is 7.15 Å². The Labute approximate surface area is 89.8 Å². The third-order valence-corrected chi connectivity index (χ3v) is 3.06. The minimum Gasteiger partial charge on any atom is -0.493 e. The summed E-state index contributed by atoms with van der Waals surface area (Å²) in [6.07, 6.45) is 2.13. The second-order valence-electron chi connectivity index (χ2n) is 2.94. The van der Waals surface area contributed by atoms with E-state index in [1.807, 2.05) is 6.07 Å². The highest BCUT2D eigenvalue weighted by atomic mass is 35.7. The number of hydrogen-bond donors (Lipinski definition) is 0. The maximum atomic E-state index is 11.0. The third kappa shape index (κ3) is 3.65. The maximum Gasteiger partial charge on any atom is 0.494 e. The summed E-state index contributed by atoms with van der Waals surface area (Å²) in [5.74, 6) is 0.736. The van der Waals surface area contributed by atoms with Crippen LogP contribution in [0, 0.1) is 0 Å². The predicted octanol–water partition coefficient (Wildman–Crippen LogP) is 3.47. The zero-order valence-corrected chi connectivity index (χ0v) is 9.72. The molecule has 4 heteroatoms. The molecule has 1 aromatic rings. The van der Waals surface area contributed by atoms with Crippen molar-refractivity contribution in [1.29, 1.82) is 0 Å². The van der Waals surface area contributed by atoms with E-state index in [1.54, 1.807) is 18.2 Å². The minimum absolute atomic E-state index is 0.621. The van der Waals surface area contributed by atoms with Gasteiger partial charge in [-0.2, -0.15) is 0 Å². The maximum absolute atomic E-state index is 11.0. The van der Waals surface area contributed by atoms with Gasteiger partial charge in [-0.3, -0.25) is 0 Å². The lowest BCUT2D eigenvalue weighted by atomic mass is 10.3. The normalized spacial score (nSPS) is 11.1. The second-order valence-corrected chi connectivity index (χ2v) is 4.87. The topological polar surface area (TPSA) is 26.3 Å². The summed E-state index contributed by atoms with van der Waals surface area (Å²) < 4.78 is 16.4. The number of ether oxygens (including phenoxy) is 1. The van der Waals surface area contributed by atoms with Gasteiger partial charge in [-0.05, 0) is 23.1 Å². The Balaban J connectivity index is 2.59. The third-order valence-electron chi connectivity index (χ3n) is 1.79. The first-order chi connectivity index (χ1) is 6.74. The van der Waals surface area contributed by atoms with E-state index in [1.165, 1.54) is 0 Å². The average Bonchev–Trinajstić information content (AvgIpc) is 2.19. The first-order valence-electron chi connectivity index (χ1n) is 4.60. The Morgan fingerprint density at radius 2 is 2.29 bits per heavy atom. The van der Waals surface area contributed by atoms with Crippen molar-refractivity contribution in [2.24, 2.45) is 0 Å². The van der Waals surface area contributed by atoms with Crippen molar-refractivity contribution in [2.75, 3.05) is 6.61 Å². The molecule has 1 rings (SSSR count). The number of hydrogen-bond acceptors (Lipinski definition) is 2. The molecular weight excluding hydrogens is 219 g/mol. The van der Waals surface area contributed by atoms with Gasteiger partial charge in [0.05, 0.1) is 6.61 Å². The number of rotatable bonds is 5. The Kier molecular flexibility index (Phi) is 4.92. The fraction of sp³-hybridized carbons (Fsp3) is 0.400. The van der Waals surface area contributed by atoms with Crippen molar-refractivity contribution in [2.45, 2.75) is 19.8 Å². The molecule has 0 aliphatic rings. The van der Waals surface area contributed by atoms with Crippen LogP contribution < -0.4 is 10.0 Å². The van der Waals surface area contributed by atoms with Crippen LogP contribution in [0.3, 0.4) is 0 Å². The summed E-state index contributed by atoms with van der Waals surface area (Å²) in [5.41, 5.74) is 0. The first kappa shape index (κ1) is 11.5. The van der Waals surface area contributed by atoms with Gasteiger partial charge < -0.3 is 4.74 Å². The van der Waals surface area contributed by atoms with E-state index in [2.05, 4.69) is 6.92 Å².